The minimum Gasteiger partial charge on any atom is -0.423 e. The van der Waals surface area contributed by atoms with Gasteiger partial charge in [-0.2, -0.15) is 0 Å². The van der Waals surface area contributed by atoms with Crippen molar-refractivity contribution in [2.75, 3.05) is 0 Å². The van der Waals surface area contributed by atoms with Crippen molar-refractivity contribution < 1.29 is 10.0 Å². The average Bonchev–Trinajstić information content (AvgIpc) is 2.96. The van der Waals surface area contributed by atoms with Crippen LogP contribution in [0.1, 0.15) is 0 Å². The van der Waals surface area contributed by atoms with Gasteiger partial charge in [-0.25, -0.2) is 0 Å². The number of rotatable bonds is 3. The summed E-state index contributed by atoms with van der Waals surface area (Å²) in [6.45, 7) is 0. The lowest BCUT2D eigenvalue weighted by Gasteiger charge is -2.13. The van der Waals surface area contributed by atoms with E-state index < -0.39 is 7.12 Å². The Morgan fingerprint density at radius 3 is 1.51 bits per heavy atom. The van der Waals surface area contributed by atoms with Crippen molar-refractivity contribution in [2.45, 2.75) is 0 Å². The second-order valence-electron chi connectivity index (χ2n) is 9.62. The third-order valence-electron chi connectivity index (χ3n) is 7.46. The predicted molar refractivity (Wildman–Crippen MR) is 157 cm³/mol. The van der Waals surface area contributed by atoms with Crippen molar-refractivity contribution in [1.29, 1.82) is 0 Å². The molecule has 0 aliphatic rings. The zero-order valence-electron chi connectivity index (χ0n) is 20.1. The van der Waals surface area contributed by atoms with Gasteiger partial charge in [-0.3, -0.25) is 0 Å². The molecule has 0 atom stereocenters. The maximum absolute atomic E-state index is 9.73. The highest BCUT2D eigenvalue weighted by atomic mass is 16.4. The van der Waals surface area contributed by atoms with E-state index in [9.17, 15) is 10.0 Å². The Balaban J connectivity index is 1.35. The van der Waals surface area contributed by atoms with Crippen molar-refractivity contribution in [3.05, 3.63) is 127 Å². The van der Waals surface area contributed by atoms with E-state index in [1.807, 2.05) is 18.2 Å². The summed E-state index contributed by atoms with van der Waals surface area (Å²) >= 11 is 0. The van der Waals surface area contributed by atoms with Crippen LogP contribution in [0.3, 0.4) is 0 Å². The normalized spacial score (nSPS) is 11.5. The van der Waals surface area contributed by atoms with Gasteiger partial charge < -0.3 is 10.0 Å². The molecule has 0 amide bonds. The van der Waals surface area contributed by atoms with Crippen LogP contribution in [0.2, 0.25) is 0 Å². The van der Waals surface area contributed by atoms with Crippen LogP contribution < -0.4 is 5.46 Å². The van der Waals surface area contributed by atoms with Gasteiger partial charge in [-0.05, 0) is 82.9 Å². The summed E-state index contributed by atoms with van der Waals surface area (Å²) in [5, 5.41) is 28.7. The standard InChI is InChI=1S/C34H23BO2/c36-35(37)28-16-18-32-31-17-15-27(20-33(31)29-7-3-4-8-30(29)34(32)21-28)24-11-9-23(10-12-24)26-14-13-22-5-1-2-6-25(22)19-26/h1-21,36-37H. The van der Waals surface area contributed by atoms with Crippen LogP contribution in [0.4, 0.5) is 0 Å². The summed E-state index contributed by atoms with van der Waals surface area (Å²) in [5.41, 5.74) is 5.26. The molecule has 0 aliphatic carbocycles. The Morgan fingerprint density at radius 2 is 0.838 bits per heavy atom. The highest BCUT2D eigenvalue weighted by molar-refractivity contribution is 6.59. The lowest BCUT2D eigenvalue weighted by atomic mass is 9.78. The molecule has 7 rings (SSSR count). The van der Waals surface area contributed by atoms with Crippen LogP contribution in [0.15, 0.2) is 127 Å². The zero-order chi connectivity index (χ0) is 24.9. The SMILES string of the molecule is OB(O)c1ccc2c3ccc(-c4ccc(-c5ccc6ccccc6c5)cc4)cc3c3ccccc3c2c1. The fourth-order valence-corrected chi connectivity index (χ4v) is 5.54. The maximum atomic E-state index is 9.73. The molecule has 7 aromatic carbocycles. The molecule has 2 nitrogen and oxygen atoms in total. The first-order chi connectivity index (χ1) is 18.2. The van der Waals surface area contributed by atoms with Gasteiger partial charge in [-0.1, -0.05) is 115 Å². The van der Waals surface area contributed by atoms with Gasteiger partial charge >= 0.3 is 7.12 Å². The second kappa shape index (κ2) is 8.60. The summed E-state index contributed by atoms with van der Waals surface area (Å²) < 4.78 is 0. The van der Waals surface area contributed by atoms with E-state index in [4.69, 9.17) is 0 Å². The van der Waals surface area contributed by atoms with E-state index >= 15 is 0 Å². The van der Waals surface area contributed by atoms with Crippen LogP contribution in [-0.4, -0.2) is 17.2 Å². The van der Waals surface area contributed by atoms with Gasteiger partial charge in [0.1, 0.15) is 0 Å². The molecular weight excluding hydrogens is 451 g/mol. The lowest BCUT2D eigenvalue weighted by molar-refractivity contribution is 0.426. The highest BCUT2D eigenvalue weighted by Gasteiger charge is 2.15. The fraction of sp³-hybridized carbons (Fsp3) is 0. The molecule has 0 saturated carbocycles. The summed E-state index contributed by atoms with van der Waals surface area (Å²) in [6.07, 6.45) is 0. The molecular formula is C34H23BO2. The molecule has 0 bridgehead atoms. The molecule has 3 heteroatoms. The number of hydrogen-bond acceptors (Lipinski definition) is 2. The minimum absolute atomic E-state index is 0.500. The molecule has 7 aromatic rings. The van der Waals surface area contributed by atoms with E-state index in [1.54, 1.807) is 6.07 Å². The Bertz CT molecular complexity index is 1940. The third-order valence-corrected chi connectivity index (χ3v) is 7.46. The van der Waals surface area contributed by atoms with Crippen molar-refractivity contribution in [1.82, 2.24) is 0 Å². The molecule has 0 aliphatic heterocycles. The van der Waals surface area contributed by atoms with E-state index in [-0.39, 0.29) is 0 Å². The molecule has 0 radical (unpaired) electrons. The summed E-state index contributed by atoms with van der Waals surface area (Å²) in [6, 6.07) is 44.5. The number of fused-ring (bicyclic) bond motifs is 7. The van der Waals surface area contributed by atoms with E-state index in [1.165, 1.54) is 38.4 Å². The second-order valence-corrected chi connectivity index (χ2v) is 9.62. The molecule has 0 aromatic heterocycles. The van der Waals surface area contributed by atoms with Gasteiger partial charge in [0, 0.05) is 0 Å². The van der Waals surface area contributed by atoms with E-state index in [0.29, 0.717) is 5.46 Å². The molecule has 0 spiro atoms. The van der Waals surface area contributed by atoms with Crippen LogP contribution in [0.5, 0.6) is 0 Å². The molecule has 0 fully saturated rings. The summed E-state index contributed by atoms with van der Waals surface area (Å²) in [5.74, 6) is 0. The fourth-order valence-electron chi connectivity index (χ4n) is 5.54. The van der Waals surface area contributed by atoms with Gasteiger partial charge in [0.2, 0.25) is 0 Å². The highest BCUT2D eigenvalue weighted by Crippen LogP contribution is 2.37. The van der Waals surface area contributed by atoms with Crippen LogP contribution >= 0.6 is 0 Å². The quantitative estimate of drug-likeness (QED) is 0.208. The Labute approximate surface area is 215 Å². The van der Waals surface area contributed by atoms with Crippen LogP contribution in [0, 0.1) is 0 Å². The van der Waals surface area contributed by atoms with Crippen LogP contribution in [-0.2, 0) is 0 Å². The van der Waals surface area contributed by atoms with Gasteiger partial charge in [-0.15, -0.1) is 0 Å². The number of hydrogen-bond donors (Lipinski definition) is 2. The van der Waals surface area contributed by atoms with Crippen LogP contribution in [0.25, 0.3) is 65.3 Å². The Hall–Kier alpha value is -4.44. The molecule has 0 heterocycles. The molecule has 2 N–H and O–H groups in total. The zero-order valence-corrected chi connectivity index (χ0v) is 20.1. The van der Waals surface area contributed by atoms with Gasteiger partial charge in [0.05, 0.1) is 0 Å². The van der Waals surface area contributed by atoms with E-state index in [0.717, 1.165) is 26.9 Å². The van der Waals surface area contributed by atoms with Crippen molar-refractivity contribution in [3.8, 4) is 22.3 Å². The number of benzene rings is 7. The van der Waals surface area contributed by atoms with Crippen molar-refractivity contribution in [3.63, 3.8) is 0 Å². The van der Waals surface area contributed by atoms with Crippen molar-refractivity contribution in [2.24, 2.45) is 0 Å². The smallest absolute Gasteiger partial charge is 0.423 e. The first-order valence-corrected chi connectivity index (χ1v) is 12.5. The molecule has 37 heavy (non-hydrogen) atoms. The summed E-state index contributed by atoms with van der Waals surface area (Å²) in [7, 11) is -1.49. The Kier molecular flexibility index (Phi) is 5.07. The minimum atomic E-state index is -1.49. The Morgan fingerprint density at radius 1 is 0.351 bits per heavy atom. The third kappa shape index (κ3) is 3.68. The van der Waals surface area contributed by atoms with Gasteiger partial charge in [0.15, 0.2) is 0 Å². The van der Waals surface area contributed by atoms with E-state index in [2.05, 4.69) is 103 Å². The molecule has 0 saturated heterocycles. The first kappa shape index (κ1) is 21.8. The largest absolute Gasteiger partial charge is 0.488 e. The topological polar surface area (TPSA) is 40.5 Å². The molecule has 174 valence electrons. The average molecular weight is 474 g/mol. The van der Waals surface area contributed by atoms with Gasteiger partial charge in [0.25, 0.3) is 0 Å². The maximum Gasteiger partial charge on any atom is 0.488 e. The van der Waals surface area contributed by atoms with Crippen molar-refractivity contribution >= 4 is 55.7 Å². The lowest BCUT2D eigenvalue weighted by Crippen LogP contribution is -2.29. The molecule has 0 unspecified atom stereocenters. The predicted octanol–water partition coefficient (Wildman–Crippen LogP) is 7.31. The monoisotopic (exact) mass is 474 g/mol. The summed E-state index contributed by atoms with van der Waals surface area (Å²) in [4.78, 5) is 0. The first-order valence-electron chi connectivity index (χ1n) is 12.5.